The highest BCUT2D eigenvalue weighted by molar-refractivity contribution is 7.09. The molecule has 0 unspecified atom stereocenters. The van der Waals surface area contributed by atoms with Gasteiger partial charge in [-0.15, -0.1) is 11.3 Å². The van der Waals surface area contributed by atoms with Crippen molar-refractivity contribution in [3.8, 4) is 0 Å². The second-order valence-corrected chi connectivity index (χ2v) is 5.75. The molecule has 2 aromatic rings. The predicted octanol–water partition coefficient (Wildman–Crippen LogP) is 2.96. The average Bonchev–Trinajstić information content (AvgIpc) is 2.77. The molecular formula is C13H14ClN3OS. The van der Waals surface area contributed by atoms with Crippen LogP contribution in [0.25, 0.3) is 0 Å². The van der Waals surface area contributed by atoms with Crippen molar-refractivity contribution in [2.75, 3.05) is 12.8 Å². The van der Waals surface area contributed by atoms with E-state index in [4.69, 9.17) is 17.3 Å². The Morgan fingerprint density at radius 1 is 1.53 bits per heavy atom. The Labute approximate surface area is 120 Å². The molecule has 6 heteroatoms. The molecule has 1 aromatic heterocycles. The fourth-order valence-corrected chi connectivity index (χ4v) is 2.49. The van der Waals surface area contributed by atoms with Crippen LogP contribution in [0.4, 0.5) is 5.69 Å². The third-order valence-electron chi connectivity index (χ3n) is 2.66. The zero-order valence-electron chi connectivity index (χ0n) is 10.7. The molecule has 2 rings (SSSR count). The van der Waals surface area contributed by atoms with Crippen LogP contribution in [-0.2, 0) is 6.54 Å². The van der Waals surface area contributed by atoms with Gasteiger partial charge in [0.15, 0.2) is 0 Å². The Kier molecular flexibility index (Phi) is 4.07. The molecule has 0 radical (unpaired) electrons. The zero-order chi connectivity index (χ0) is 14.0. The molecule has 1 heterocycles. The van der Waals surface area contributed by atoms with Crippen LogP contribution in [0.15, 0.2) is 23.6 Å². The van der Waals surface area contributed by atoms with Crippen LogP contribution in [0, 0.1) is 6.92 Å². The minimum absolute atomic E-state index is 0.161. The maximum atomic E-state index is 12.3. The third kappa shape index (κ3) is 3.24. The molecule has 4 nitrogen and oxygen atoms in total. The number of amides is 1. The van der Waals surface area contributed by atoms with E-state index in [1.807, 2.05) is 12.3 Å². The van der Waals surface area contributed by atoms with Gasteiger partial charge in [0.2, 0.25) is 0 Å². The van der Waals surface area contributed by atoms with Crippen LogP contribution >= 0.6 is 22.9 Å². The molecule has 0 aliphatic rings. The van der Waals surface area contributed by atoms with Gasteiger partial charge >= 0.3 is 0 Å². The lowest BCUT2D eigenvalue weighted by atomic mass is 10.1. The van der Waals surface area contributed by atoms with Crippen molar-refractivity contribution in [3.05, 3.63) is 44.9 Å². The molecule has 1 aromatic carbocycles. The first-order valence-corrected chi connectivity index (χ1v) is 6.94. The van der Waals surface area contributed by atoms with Gasteiger partial charge in [0, 0.05) is 23.1 Å². The number of anilines is 1. The van der Waals surface area contributed by atoms with E-state index in [2.05, 4.69) is 4.98 Å². The number of nitrogens with two attached hydrogens (primary N) is 1. The van der Waals surface area contributed by atoms with E-state index in [1.54, 1.807) is 41.5 Å². The molecule has 2 N–H and O–H groups in total. The monoisotopic (exact) mass is 295 g/mol. The van der Waals surface area contributed by atoms with Gasteiger partial charge in [0.05, 0.1) is 22.8 Å². The number of carbonyl (C=O) groups is 1. The predicted molar refractivity (Wildman–Crippen MR) is 78.5 cm³/mol. The van der Waals surface area contributed by atoms with Gasteiger partial charge in [0.1, 0.15) is 0 Å². The molecule has 0 fully saturated rings. The number of hydrogen-bond donors (Lipinski definition) is 1. The molecule has 0 bridgehead atoms. The van der Waals surface area contributed by atoms with Gasteiger partial charge in [-0.2, -0.15) is 0 Å². The third-order valence-corrected chi connectivity index (χ3v) is 3.72. The lowest BCUT2D eigenvalue weighted by Crippen LogP contribution is -2.27. The molecule has 0 spiro atoms. The van der Waals surface area contributed by atoms with Crippen LogP contribution in [0.3, 0.4) is 0 Å². The normalized spacial score (nSPS) is 10.5. The Morgan fingerprint density at radius 2 is 2.26 bits per heavy atom. The fourth-order valence-electron chi connectivity index (χ4n) is 1.71. The van der Waals surface area contributed by atoms with Gasteiger partial charge < -0.3 is 10.6 Å². The van der Waals surface area contributed by atoms with Crippen molar-refractivity contribution in [1.82, 2.24) is 9.88 Å². The lowest BCUT2D eigenvalue weighted by molar-refractivity contribution is 0.0784. The van der Waals surface area contributed by atoms with Crippen LogP contribution in [0.2, 0.25) is 5.02 Å². The summed E-state index contributed by atoms with van der Waals surface area (Å²) in [6.45, 7) is 2.39. The number of halogens is 1. The molecule has 0 saturated heterocycles. The molecule has 1 amide bonds. The summed E-state index contributed by atoms with van der Waals surface area (Å²) < 4.78 is 0. The van der Waals surface area contributed by atoms with Crippen LogP contribution in [-0.4, -0.2) is 22.8 Å². The summed E-state index contributed by atoms with van der Waals surface area (Å²) in [5.41, 5.74) is 7.53. The number of benzene rings is 1. The van der Waals surface area contributed by atoms with E-state index in [9.17, 15) is 4.79 Å². The number of nitrogen functional groups attached to an aromatic ring is 1. The maximum Gasteiger partial charge on any atom is 0.256 e. The topological polar surface area (TPSA) is 59.2 Å². The Morgan fingerprint density at radius 3 is 2.89 bits per heavy atom. The molecule has 0 saturated carbocycles. The maximum absolute atomic E-state index is 12.3. The summed E-state index contributed by atoms with van der Waals surface area (Å²) in [6, 6.07) is 4.88. The number of hydrogen-bond acceptors (Lipinski definition) is 4. The summed E-state index contributed by atoms with van der Waals surface area (Å²) >= 11 is 7.46. The first-order valence-electron chi connectivity index (χ1n) is 5.69. The summed E-state index contributed by atoms with van der Waals surface area (Å²) in [6.07, 6.45) is 0. The Hall–Kier alpha value is -1.59. The van der Waals surface area contributed by atoms with E-state index in [0.29, 0.717) is 22.8 Å². The smallest absolute Gasteiger partial charge is 0.256 e. The second-order valence-electron chi connectivity index (χ2n) is 4.25. The first-order chi connectivity index (χ1) is 8.97. The summed E-state index contributed by atoms with van der Waals surface area (Å²) in [4.78, 5) is 18.2. The summed E-state index contributed by atoms with van der Waals surface area (Å²) in [7, 11) is 1.72. The largest absolute Gasteiger partial charge is 0.398 e. The van der Waals surface area contributed by atoms with Crippen molar-refractivity contribution in [2.24, 2.45) is 0 Å². The van der Waals surface area contributed by atoms with Gasteiger partial charge in [-0.05, 0) is 25.1 Å². The SMILES string of the molecule is Cc1nc(CN(C)C(=O)c2cc(Cl)ccc2N)cs1. The van der Waals surface area contributed by atoms with Crippen molar-refractivity contribution in [1.29, 1.82) is 0 Å². The van der Waals surface area contributed by atoms with E-state index >= 15 is 0 Å². The molecule has 19 heavy (non-hydrogen) atoms. The van der Waals surface area contributed by atoms with Crippen LogP contribution < -0.4 is 5.73 Å². The van der Waals surface area contributed by atoms with E-state index in [0.717, 1.165) is 10.7 Å². The number of thiazole rings is 1. The van der Waals surface area contributed by atoms with Crippen LogP contribution in [0.1, 0.15) is 21.1 Å². The average molecular weight is 296 g/mol. The van der Waals surface area contributed by atoms with Gasteiger partial charge in [-0.25, -0.2) is 4.98 Å². The Bertz CT molecular complexity index is 612. The van der Waals surface area contributed by atoms with E-state index in [-0.39, 0.29) is 5.91 Å². The number of aromatic nitrogens is 1. The van der Waals surface area contributed by atoms with Crippen molar-refractivity contribution in [2.45, 2.75) is 13.5 Å². The summed E-state index contributed by atoms with van der Waals surface area (Å²) in [5, 5.41) is 3.43. The Balaban J connectivity index is 2.16. The number of carbonyl (C=O) groups excluding carboxylic acids is 1. The molecule has 0 atom stereocenters. The van der Waals surface area contributed by atoms with Crippen molar-refractivity contribution < 1.29 is 4.79 Å². The highest BCUT2D eigenvalue weighted by Crippen LogP contribution is 2.20. The molecule has 100 valence electrons. The van der Waals surface area contributed by atoms with Gasteiger partial charge in [0.25, 0.3) is 5.91 Å². The molecule has 0 aliphatic carbocycles. The first kappa shape index (κ1) is 13.8. The van der Waals surface area contributed by atoms with Crippen molar-refractivity contribution in [3.63, 3.8) is 0 Å². The fraction of sp³-hybridized carbons (Fsp3) is 0.231. The lowest BCUT2D eigenvalue weighted by Gasteiger charge is -2.17. The number of nitrogens with zero attached hydrogens (tertiary/aromatic N) is 2. The minimum atomic E-state index is -0.161. The highest BCUT2D eigenvalue weighted by Gasteiger charge is 2.16. The minimum Gasteiger partial charge on any atom is -0.398 e. The summed E-state index contributed by atoms with van der Waals surface area (Å²) in [5.74, 6) is -0.161. The quantitative estimate of drug-likeness (QED) is 0.886. The highest BCUT2D eigenvalue weighted by atomic mass is 35.5. The van der Waals surface area contributed by atoms with E-state index in [1.165, 1.54) is 0 Å². The molecule has 0 aliphatic heterocycles. The van der Waals surface area contributed by atoms with Crippen molar-refractivity contribution >= 4 is 34.5 Å². The van der Waals surface area contributed by atoms with Gasteiger partial charge in [-0.1, -0.05) is 11.6 Å². The molecular weight excluding hydrogens is 282 g/mol. The number of aryl methyl sites for hydroxylation is 1. The van der Waals surface area contributed by atoms with Crippen LogP contribution in [0.5, 0.6) is 0 Å². The number of rotatable bonds is 3. The van der Waals surface area contributed by atoms with E-state index < -0.39 is 0 Å². The second kappa shape index (κ2) is 5.59. The zero-order valence-corrected chi connectivity index (χ0v) is 12.3. The standard InChI is InChI=1S/C13H14ClN3OS/c1-8-16-10(7-19-8)6-17(2)13(18)11-5-9(14)3-4-12(11)15/h3-5,7H,6,15H2,1-2H3. The van der Waals surface area contributed by atoms with Gasteiger partial charge in [-0.3, -0.25) is 4.79 Å².